The van der Waals surface area contributed by atoms with Gasteiger partial charge >= 0.3 is 0 Å². The normalized spacial score (nSPS) is 12.5. The predicted molar refractivity (Wildman–Crippen MR) is 128 cm³/mol. The van der Waals surface area contributed by atoms with Gasteiger partial charge in [0.1, 0.15) is 0 Å². The molecule has 0 aliphatic carbocycles. The zero-order valence-corrected chi connectivity index (χ0v) is 18.9. The standard InChI is InChI=1S/C21H25ClN4O.HI/c1-23-21(26-13-17(14-27)15-5-3-2-4-6-15)24-10-9-16-12-25-20-8-7-18(22)11-19(16)20;/h2-8,11-12,17,25,27H,9-10,13-14H2,1H3,(H2,23,24,26);1H. The Labute approximate surface area is 187 Å². The van der Waals surface area contributed by atoms with Gasteiger partial charge in [0.05, 0.1) is 6.61 Å². The molecule has 7 heteroatoms. The summed E-state index contributed by atoms with van der Waals surface area (Å²) in [5, 5.41) is 18.2. The molecule has 0 fully saturated rings. The Kier molecular flexibility index (Phi) is 9.08. The number of rotatable bonds is 7. The summed E-state index contributed by atoms with van der Waals surface area (Å²) in [5.41, 5.74) is 3.41. The van der Waals surface area contributed by atoms with E-state index in [0.717, 1.165) is 40.4 Å². The van der Waals surface area contributed by atoms with Crippen LogP contribution in [0, 0.1) is 0 Å². The second-order valence-electron chi connectivity index (χ2n) is 6.42. The van der Waals surface area contributed by atoms with Gasteiger partial charge in [-0.05, 0) is 35.7 Å². The maximum Gasteiger partial charge on any atom is 0.191 e. The maximum absolute atomic E-state index is 9.67. The second-order valence-corrected chi connectivity index (χ2v) is 6.86. The second kappa shape index (κ2) is 11.3. The van der Waals surface area contributed by atoms with Gasteiger partial charge in [0.2, 0.25) is 0 Å². The summed E-state index contributed by atoms with van der Waals surface area (Å²) < 4.78 is 0. The maximum atomic E-state index is 9.67. The smallest absolute Gasteiger partial charge is 0.191 e. The number of aromatic amines is 1. The highest BCUT2D eigenvalue weighted by atomic mass is 127. The van der Waals surface area contributed by atoms with Gasteiger partial charge in [-0.3, -0.25) is 4.99 Å². The highest BCUT2D eigenvalue weighted by Gasteiger charge is 2.11. The number of guanidine groups is 1. The lowest BCUT2D eigenvalue weighted by atomic mass is 10.0. The summed E-state index contributed by atoms with van der Waals surface area (Å²) in [6.45, 7) is 1.45. The molecule has 0 radical (unpaired) electrons. The predicted octanol–water partition coefficient (Wildman–Crippen LogP) is 3.92. The molecule has 3 aromatic rings. The van der Waals surface area contributed by atoms with E-state index in [4.69, 9.17) is 11.6 Å². The molecule has 0 saturated heterocycles. The summed E-state index contributed by atoms with van der Waals surface area (Å²) in [5.74, 6) is 0.753. The number of hydrogen-bond acceptors (Lipinski definition) is 2. The third kappa shape index (κ3) is 5.86. The Morgan fingerprint density at radius 1 is 1.18 bits per heavy atom. The fourth-order valence-corrected chi connectivity index (χ4v) is 3.30. The third-order valence-electron chi connectivity index (χ3n) is 4.65. The van der Waals surface area contributed by atoms with Crippen molar-refractivity contribution in [2.24, 2.45) is 4.99 Å². The first-order valence-electron chi connectivity index (χ1n) is 9.07. The molecule has 4 N–H and O–H groups in total. The molecule has 2 aromatic carbocycles. The molecule has 150 valence electrons. The van der Waals surface area contributed by atoms with E-state index in [2.05, 4.69) is 20.6 Å². The first-order valence-corrected chi connectivity index (χ1v) is 9.45. The Hall–Kier alpha value is -1.77. The number of nitrogens with one attached hydrogen (secondary N) is 3. The summed E-state index contributed by atoms with van der Waals surface area (Å²) in [4.78, 5) is 7.54. The molecule has 0 aliphatic heterocycles. The molecular formula is C21H26ClIN4O. The van der Waals surface area contributed by atoms with Crippen molar-refractivity contribution in [1.29, 1.82) is 0 Å². The van der Waals surface area contributed by atoms with E-state index >= 15 is 0 Å². The first kappa shape index (κ1) is 22.5. The molecule has 0 bridgehead atoms. The molecule has 0 amide bonds. The molecule has 5 nitrogen and oxygen atoms in total. The van der Waals surface area contributed by atoms with Crippen LogP contribution < -0.4 is 10.6 Å². The fraction of sp³-hybridized carbons (Fsp3) is 0.286. The average molecular weight is 513 g/mol. The number of aliphatic imine (C=N–C) groups is 1. The van der Waals surface area contributed by atoms with Gasteiger partial charge in [0.15, 0.2) is 5.96 Å². The minimum Gasteiger partial charge on any atom is -0.396 e. The van der Waals surface area contributed by atoms with Crippen LogP contribution in [0.3, 0.4) is 0 Å². The lowest BCUT2D eigenvalue weighted by Gasteiger charge is -2.18. The van der Waals surface area contributed by atoms with Gasteiger partial charge in [0.25, 0.3) is 0 Å². The first-order chi connectivity index (χ1) is 13.2. The molecule has 0 spiro atoms. The van der Waals surface area contributed by atoms with Gasteiger partial charge in [-0.25, -0.2) is 0 Å². The van der Waals surface area contributed by atoms with Crippen LogP contribution in [0.5, 0.6) is 0 Å². The van der Waals surface area contributed by atoms with E-state index in [1.54, 1.807) is 7.05 Å². The molecule has 1 heterocycles. The van der Waals surface area contributed by atoms with Crippen molar-refractivity contribution in [2.45, 2.75) is 12.3 Å². The summed E-state index contributed by atoms with van der Waals surface area (Å²) in [6, 6.07) is 15.9. The number of aromatic nitrogens is 1. The molecule has 3 rings (SSSR count). The van der Waals surface area contributed by atoms with Gasteiger partial charge < -0.3 is 20.7 Å². The molecular weight excluding hydrogens is 487 g/mol. The number of fused-ring (bicyclic) bond motifs is 1. The summed E-state index contributed by atoms with van der Waals surface area (Å²) >= 11 is 6.11. The molecule has 0 saturated carbocycles. The van der Waals surface area contributed by atoms with Gasteiger partial charge in [0, 0.05) is 48.2 Å². The molecule has 1 unspecified atom stereocenters. The Balaban J connectivity index is 0.00000280. The summed E-state index contributed by atoms with van der Waals surface area (Å²) in [6.07, 6.45) is 2.87. The van der Waals surface area contributed by atoms with Crippen molar-refractivity contribution < 1.29 is 5.11 Å². The van der Waals surface area contributed by atoms with Crippen LogP contribution in [0.1, 0.15) is 17.0 Å². The molecule has 28 heavy (non-hydrogen) atoms. The Morgan fingerprint density at radius 3 is 2.68 bits per heavy atom. The van der Waals surface area contributed by atoms with Crippen LogP contribution in [0.25, 0.3) is 10.9 Å². The van der Waals surface area contributed by atoms with Crippen LogP contribution >= 0.6 is 35.6 Å². The zero-order chi connectivity index (χ0) is 19.1. The minimum atomic E-state index is 0. The van der Waals surface area contributed by atoms with E-state index in [-0.39, 0.29) is 36.5 Å². The zero-order valence-electron chi connectivity index (χ0n) is 15.8. The van der Waals surface area contributed by atoms with Crippen LogP contribution in [-0.2, 0) is 6.42 Å². The number of benzene rings is 2. The number of aliphatic hydroxyl groups excluding tert-OH is 1. The SMILES string of the molecule is CN=C(NCCc1c[nH]c2ccc(Cl)cc12)NCC(CO)c1ccccc1.I. The van der Waals surface area contributed by atoms with Gasteiger partial charge in [-0.2, -0.15) is 0 Å². The quantitative estimate of drug-likeness (QED) is 0.220. The third-order valence-corrected chi connectivity index (χ3v) is 4.88. The molecule has 1 atom stereocenters. The number of aliphatic hydroxyl groups is 1. The van der Waals surface area contributed by atoms with Gasteiger partial charge in [-0.1, -0.05) is 41.9 Å². The van der Waals surface area contributed by atoms with Crippen LogP contribution in [0.2, 0.25) is 5.02 Å². The fourth-order valence-electron chi connectivity index (χ4n) is 3.13. The van der Waals surface area contributed by atoms with Crippen molar-refractivity contribution >= 4 is 52.4 Å². The van der Waals surface area contributed by atoms with E-state index in [1.807, 2.05) is 54.7 Å². The van der Waals surface area contributed by atoms with Crippen LogP contribution in [-0.4, -0.2) is 42.8 Å². The highest BCUT2D eigenvalue weighted by Crippen LogP contribution is 2.22. The van der Waals surface area contributed by atoms with Crippen LogP contribution in [0.4, 0.5) is 0 Å². The molecule has 0 aliphatic rings. The van der Waals surface area contributed by atoms with E-state index < -0.39 is 0 Å². The lowest BCUT2D eigenvalue weighted by Crippen LogP contribution is -2.40. The Bertz CT molecular complexity index is 898. The van der Waals surface area contributed by atoms with E-state index in [1.165, 1.54) is 5.56 Å². The van der Waals surface area contributed by atoms with Crippen LogP contribution in [0.15, 0.2) is 59.7 Å². The lowest BCUT2D eigenvalue weighted by molar-refractivity contribution is 0.265. The minimum absolute atomic E-state index is 0. The van der Waals surface area contributed by atoms with Crippen molar-refractivity contribution in [3.05, 3.63) is 70.9 Å². The largest absolute Gasteiger partial charge is 0.396 e. The van der Waals surface area contributed by atoms with Crippen molar-refractivity contribution in [1.82, 2.24) is 15.6 Å². The number of halogens is 2. The topological polar surface area (TPSA) is 72.4 Å². The average Bonchev–Trinajstić information content (AvgIpc) is 3.10. The van der Waals surface area contributed by atoms with Crippen molar-refractivity contribution in [2.75, 3.05) is 26.7 Å². The van der Waals surface area contributed by atoms with Gasteiger partial charge in [-0.15, -0.1) is 24.0 Å². The number of nitrogens with zero attached hydrogens (tertiary/aromatic N) is 1. The van der Waals surface area contributed by atoms with Crippen molar-refractivity contribution in [3.63, 3.8) is 0 Å². The Morgan fingerprint density at radius 2 is 1.96 bits per heavy atom. The monoisotopic (exact) mass is 512 g/mol. The molecule has 1 aromatic heterocycles. The van der Waals surface area contributed by atoms with E-state index in [9.17, 15) is 5.11 Å². The summed E-state index contributed by atoms with van der Waals surface area (Å²) in [7, 11) is 1.75. The number of H-pyrrole nitrogens is 1. The van der Waals surface area contributed by atoms with E-state index in [0.29, 0.717) is 6.54 Å². The van der Waals surface area contributed by atoms with Crippen molar-refractivity contribution in [3.8, 4) is 0 Å². The number of hydrogen-bond donors (Lipinski definition) is 4. The highest BCUT2D eigenvalue weighted by molar-refractivity contribution is 14.0.